The second kappa shape index (κ2) is 24.9. The molecule has 0 saturated heterocycles. The Balaban J connectivity index is 1.47. The zero-order valence-electron chi connectivity index (χ0n) is 26.7. The number of unbranched alkanes of at least 4 members (excludes halogenated alkanes) is 16. The van der Waals surface area contributed by atoms with E-state index in [-0.39, 0.29) is 17.3 Å². The predicted octanol–water partition coefficient (Wildman–Crippen LogP) is 11.8. The molecule has 42 heavy (non-hydrogen) atoms. The summed E-state index contributed by atoms with van der Waals surface area (Å²) >= 11 is 0. The van der Waals surface area contributed by atoms with Gasteiger partial charge in [0.15, 0.2) is 11.5 Å². The van der Waals surface area contributed by atoms with Gasteiger partial charge in [-0.25, -0.2) is 0 Å². The van der Waals surface area contributed by atoms with E-state index in [1.165, 1.54) is 89.9 Å². The van der Waals surface area contributed by atoms with Crippen molar-refractivity contribution < 1.29 is 23.1 Å². The number of ether oxygens (including phenoxy) is 2. The first-order valence-corrected chi connectivity index (χ1v) is 17.0. The van der Waals surface area contributed by atoms with Crippen molar-refractivity contribution in [2.24, 2.45) is 0 Å². The number of carbonyl (C=O) groups is 1. The van der Waals surface area contributed by atoms with Gasteiger partial charge in [0, 0.05) is 12.1 Å². The lowest BCUT2D eigenvalue weighted by Gasteiger charge is -2.04. The molecule has 2 rings (SSSR count). The van der Waals surface area contributed by atoms with Crippen LogP contribution in [0.2, 0.25) is 0 Å². The van der Waals surface area contributed by atoms with E-state index in [1.807, 2.05) is 0 Å². The Hall–Kier alpha value is -2.69. The Kier molecular flexibility index (Phi) is 21.0. The van der Waals surface area contributed by atoms with Crippen LogP contribution in [-0.4, -0.2) is 19.0 Å². The van der Waals surface area contributed by atoms with Crippen LogP contribution in [0.3, 0.4) is 0 Å². The maximum Gasteiger partial charge on any atom is 0.284 e. The number of allylic oxidation sites excluding steroid dienone is 4. The highest BCUT2D eigenvalue weighted by Gasteiger charge is 2.18. The highest BCUT2D eigenvalue weighted by molar-refractivity contribution is 6.05. The minimum atomic E-state index is -0.303. The van der Waals surface area contributed by atoms with Crippen LogP contribution < -0.4 is 9.47 Å². The normalized spacial score (nSPS) is 11.7. The van der Waals surface area contributed by atoms with Crippen molar-refractivity contribution in [3.05, 3.63) is 60.1 Å². The summed E-state index contributed by atoms with van der Waals surface area (Å²) in [5, 5.41) is 0. The van der Waals surface area contributed by atoms with Gasteiger partial charge in [-0.3, -0.25) is 4.79 Å². The van der Waals surface area contributed by atoms with E-state index in [2.05, 4.69) is 38.2 Å². The molecule has 0 aromatic carbocycles. The Bertz CT molecular complexity index is 890. The lowest BCUT2D eigenvalue weighted by atomic mass is 10.1. The molecule has 0 amide bonds. The van der Waals surface area contributed by atoms with Crippen LogP contribution in [0.5, 0.6) is 11.9 Å². The summed E-state index contributed by atoms with van der Waals surface area (Å²) in [6, 6.07) is 6.69. The van der Waals surface area contributed by atoms with E-state index in [9.17, 15) is 4.79 Å². The average Bonchev–Trinajstić information content (AvgIpc) is 3.68. The monoisotopic (exact) mass is 582 g/mol. The SMILES string of the molecule is CCC=CCCCCCCCCCCOc1ccc(C(=O)c2ccc(OCCCCCCCCCCC=CCC)o2)o1. The summed E-state index contributed by atoms with van der Waals surface area (Å²) in [6.45, 7) is 5.56. The van der Waals surface area contributed by atoms with E-state index in [1.54, 1.807) is 24.3 Å². The molecule has 2 aromatic heterocycles. The van der Waals surface area contributed by atoms with Crippen molar-refractivity contribution >= 4 is 5.78 Å². The summed E-state index contributed by atoms with van der Waals surface area (Å²) in [6.07, 6.45) is 33.8. The van der Waals surface area contributed by atoms with Gasteiger partial charge in [-0.05, 0) is 63.5 Å². The summed E-state index contributed by atoms with van der Waals surface area (Å²) in [4.78, 5) is 12.7. The summed E-state index contributed by atoms with van der Waals surface area (Å²) in [5.74, 6) is 0.884. The maximum atomic E-state index is 12.7. The predicted molar refractivity (Wildman–Crippen MR) is 174 cm³/mol. The van der Waals surface area contributed by atoms with Crippen LogP contribution in [-0.2, 0) is 0 Å². The number of furan rings is 2. The van der Waals surface area contributed by atoms with Gasteiger partial charge in [0.05, 0.1) is 13.2 Å². The zero-order valence-corrected chi connectivity index (χ0v) is 26.7. The fourth-order valence-corrected chi connectivity index (χ4v) is 4.93. The smallest absolute Gasteiger partial charge is 0.284 e. The van der Waals surface area contributed by atoms with E-state index < -0.39 is 0 Å². The van der Waals surface area contributed by atoms with Crippen molar-refractivity contribution in [1.29, 1.82) is 0 Å². The molecule has 236 valence electrons. The van der Waals surface area contributed by atoms with Crippen molar-refractivity contribution in [1.82, 2.24) is 0 Å². The summed E-state index contributed by atoms with van der Waals surface area (Å²) in [5.41, 5.74) is 0. The third kappa shape index (κ3) is 17.3. The molecule has 0 fully saturated rings. The van der Waals surface area contributed by atoms with Crippen LogP contribution in [0.4, 0.5) is 0 Å². The fourth-order valence-electron chi connectivity index (χ4n) is 4.93. The number of rotatable bonds is 28. The molecule has 0 bridgehead atoms. The third-order valence-electron chi connectivity index (χ3n) is 7.43. The molecular formula is C37H58O5. The van der Waals surface area contributed by atoms with Gasteiger partial charge in [-0.1, -0.05) is 115 Å². The molecule has 5 nitrogen and oxygen atoms in total. The van der Waals surface area contributed by atoms with Crippen LogP contribution >= 0.6 is 0 Å². The molecule has 0 radical (unpaired) electrons. The highest BCUT2D eigenvalue weighted by Crippen LogP contribution is 2.23. The molecular weight excluding hydrogens is 524 g/mol. The third-order valence-corrected chi connectivity index (χ3v) is 7.43. The molecule has 0 unspecified atom stereocenters. The Morgan fingerprint density at radius 1 is 0.524 bits per heavy atom. The second-order valence-corrected chi connectivity index (χ2v) is 11.3. The van der Waals surface area contributed by atoms with Gasteiger partial charge < -0.3 is 18.3 Å². The minimum Gasteiger partial charge on any atom is -0.465 e. The molecule has 0 aliphatic heterocycles. The van der Waals surface area contributed by atoms with Crippen molar-refractivity contribution in [2.75, 3.05) is 13.2 Å². The van der Waals surface area contributed by atoms with Crippen LogP contribution in [0.15, 0.2) is 57.4 Å². The van der Waals surface area contributed by atoms with Crippen molar-refractivity contribution in [3.63, 3.8) is 0 Å². The van der Waals surface area contributed by atoms with E-state index in [0.29, 0.717) is 25.1 Å². The molecule has 0 N–H and O–H groups in total. The maximum absolute atomic E-state index is 12.7. The first kappa shape index (κ1) is 35.5. The number of carbonyl (C=O) groups excluding carboxylic acids is 1. The molecule has 2 aromatic rings. The molecule has 0 spiro atoms. The van der Waals surface area contributed by atoms with E-state index >= 15 is 0 Å². The van der Waals surface area contributed by atoms with Crippen LogP contribution in [0.1, 0.15) is 159 Å². The average molecular weight is 583 g/mol. The molecule has 0 aliphatic rings. The number of hydrogen-bond donors (Lipinski definition) is 0. The van der Waals surface area contributed by atoms with Crippen molar-refractivity contribution in [2.45, 2.75) is 142 Å². The first-order valence-electron chi connectivity index (χ1n) is 17.0. The molecule has 0 aliphatic carbocycles. The number of ketones is 1. The van der Waals surface area contributed by atoms with Gasteiger partial charge in [-0.2, -0.15) is 0 Å². The number of hydrogen-bond acceptors (Lipinski definition) is 5. The standard InChI is InChI=1S/C37H58O5/c1-3-5-7-9-11-13-15-17-19-21-23-25-31-39-35-29-27-33(41-35)37(38)34-28-30-36(42-34)40-32-26-24-22-20-18-16-14-12-10-8-6-4-2/h5-8,27-30H,3-4,9-26,31-32H2,1-2H3. The van der Waals surface area contributed by atoms with Gasteiger partial charge >= 0.3 is 0 Å². The van der Waals surface area contributed by atoms with E-state index in [4.69, 9.17) is 18.3 Å². The van der Waals surface area contributed by atoms with Gasteiger partial charge in [0.1, 0.15) is 0 Å². The topological polar surface area (TPSA) is 61.8 Å². The highest BCUT2D eigenvalue weighted by atomic mass is 16.6. The Morgan fingerprint density at radius 3 is 1.26 bits per heavy atom. The fraction of sp³-hybridized carbons (Fsp3) is 0.649. The molecule has 0 atom stereocenters. The van der Waals surface area contributed by atoms with Gasteiger partial charge in [-0.15, -0.1) is 0 Å². The Labute approximate surface area is 256 Å². The van der Waals surface area contributed by atoms with Crippen LogP contribution in [0.25, 0.3) is 0 Å². The second-order valence-electron chi connectivity index (χ2n) is 11.3. The first-order chi connectivity index (χ1) is 20.7. The minimum absolute atomic E-state index is 0.216. The largest absolute Gasteiger partial charge is 0.465 e. The quantitative estimate of drug-likeness (QED) is 0.0567. The summed E-state index contributed by atoms with van der Waals surface area (Å²) < 4.78 is 22.7. The zero-order chi connectivity index (χ0) is 29.9. The molecule has 5 heteroatoms. The lowest BCUT2D eigenvalue weighted by Crippen LogP contribution is -1.99. The Morgan fingerprint density at radius 2 is 0.881 bits per heavy atom. The van der Waals surface area contributed by atoms with Crippen LogP contribution in [0, 0.1) is 0 Å². The lowest BCUT2D eigenvalue weighted by molar-refractivity contribution is 0.0965. The van der Waals surface area contributed by atoms with Gasteiger partial charge in [0.25, 0.3) is 17.7 Å². The molecule has 2 heterocycles. The summed E-state index contributed by atoms with van der Waals surface area (Å²) in [7, 11) is 0. The van der Waals surface area contributed by atoms with Crippen molar-refractivity contribution in [3.8, 4) is 11.9 Å². The molecule has 0 saturated carbocycles. The van der Waals surface area contributed by atoms with E-state index in [0.717, 1.165) is 38.5 Å². The van der Waals surface area contributed by atoms with Gasteiger partial charge in [0.2, 0.25) is 0 Å².